The molecule has 1 aromatic heterocycles. The predicted octanol–water partition coefficient (Wildman–Crippen LogP) is 1.31. The van der Waals surface area contributed by atoms with E-state index in [1.54, 1.807) is 12.3 Å². The lowest BCUT2D eigenvalue weighted by Gasteiger charge is -2.22. The Morgan fingerprint density at radius 1 is 1.60 bits per heavy atom. The molecule has 5 heteroatoms. The summed E-state index contributed by atoms with van der Waals surface area (Å²) in [6.07, 6.45) is 2.91. The average molecular weight is 226 g/mol. The first-order chi connectivity index (χ1) is 7.16. The van der Waals surface area contributed by atoms with Crippen molar-refractivity contribution in [3.8, 4) is 0 Å². The molecule has 2 rings (SSSR count). The number of amides is 1. The number of nitrogen functional groups attached to an aromatic ring is 1. The summed E-state index contributed by atoms with van der Waals surface area (Å²) in [7, 11) is 0. The van der Waals surface area contributed by atoms with Crippen LogP contribution in [0.1, 0.15) is 24.5 Å². The van der Waals surface area contributed by atoms with Gasteiger partial charge >= 0.3 is 0 Å². The average Bonchev–Trinajstić information content (AvgIpc) is 2.17. The molecule has 1 aromatic rings. The van der Waals surface area contributed by atoms with Crippen molar-refractivity contribution in [3.63, 3.8) is 0 Å². The fourth-order valence-electron chi connectivity index (χ4n) is 1.78. The van der Waals surface area contributed by atoms with Crippen LogP contribution in [0.15, 0.2) is 12.3 Å². The molecule has 0 aromatic carbocycles. The molecular weight excluding hydrogens is 214 g/mol. The van der Waals surface area contributed by atoms with E-state index >= 15 is 0 Å². The van der Waals surface area contributed by atoms with E-state index in [-0.39, 0.29) is 11.8 Å². The van der Waals surface area contributed by atoms with E-state index in [9.17, 15) is 4.79 Å². The number of nitrogens with zero attached hydrogens (tertiary/aromatic N) is 1. The van der Waals surface area contributed by atoms with Gasteiger partial charge in [0.25, 0.3) is 0 Å². The van der Waals surface area contributed by atoms with E-state index in [0.717, 1.165) is 12.1 Å². The van der Waals surface area contributed by atoms with Gasteiger partial charge in [0.15, 0.2) is 0 Å². The Morgan fingerprint density at radius 2 is 2.40 bits per heavy atom. The summed E-state index contributed by atoms with van der Waals surface area (Å²) < 4.78 is 0. The Bertz CT molecular complexity index is 394. The zero-order valence-corrected chi connectivity index (χ0v) is 8.92. The highest BCUT2D eigenvalue weighted by atomic mass is 35.5. The molecule has 1 aliphatic rings. The second-order valence-corrected chi connectivity index (χ2v) is 4.08. The number of nitrogens with two attached hydrogens (primary N) is 1. The van der Waals surface area contributed by atoms with E-state index in [1.807, 2.05) is 0 Å². The third-order valence-corrected chi connectivity index (χ3v) is 2.83. The zero-order chi connectivity index (χ0) is 10.8. The van der Waals surface area contributed by atoms with Crippen molar-refractivity contribution < 1.29 is 4.79 Å². The zero-order valence-electron chi connectivity index (χ0n) is 8.16. The second-order valence-electron chi connectivity index (χ2n) is 3.68. The number of piperidine rings is 1. The Kier molecular flexibility index (Phi) is 2.77. The van der Waals surface area contributed by atoms with Crippen molar-refractivity contribution in [1.82, 2.24) is 10.3 Å². The van der Waals surface area contributed by atoms with E-state index < -0.39 is 0 Å². The van der Waals surface area contributed by atoms with E-state index in [1.165, 1.54) is 0 Å². The predicted molar refractivity (Wildman–Crippen MR) is 58.6 cm³/mol. The second kappa shape index (κ2) is 4.06. The number of hydrogen-bond acceptors (Lipinski definition) is 3. The number of carbonyl (C=O) groups is 1. The van der Waals surface area contributed by atoms with Gasteiger partial charge in [0.05, 0.1) is 22.6 Å². The highest BCUT2D eigenvalue weighted by molar-refractivity contribution is 6.31. The molecule has 1 atom stereocenters. The number of anilines is 1. The van der Waals surface area contributed by atoms with Gasteiger partial charge in [-0.25, -0.2) is 0 Å². The molecule has 1 aliphatic heterocycles. The third kappa shape index (κ3) is 2.21. The molecule has 3 N–H and O–H groups in total. The Morgan fingerprint density at radius 3 is 3.07 bits per heavy atom. The first-order valence-corrected chi connectivity index (χ1v) is 5.22. The number of hydrogen-bond donors (Lipinski definition) is 2. The molecule has 1 unspecified atom stereocenters. The standard InChI is InChI=1S/C10H12ClN3O/c11-8-4-7(12)5-14-10(8)6-1-2-13-9(15)3-6/h4-6H,1-3,12H2,(H,13,15). The normalized spacial score (nSPS) is 21.1. The largest absolute Gasteiger partial charge is 0.397 e. The SMILES string of the molecule is Nc1cnc(C2CCNC(=O)C2)c(Cl)c1. The van der Waals surface area contributed by atoms with Crippen LogP contribution in [0.3, 0.4) is 0 Å². The third-order valence-electron chi connectivity index (χ3n) is 2.52. The number of nitrogens with one attached hydrogen (secondary N) is 1. The monoisotopic (exact) mass is 225 g/mol. The summed E-state index contributed by atoms with van der Waals surface area (Å²) in [6.45, 7) is 0.686. The summed E-state index contributed by atoms with van der Waals surface area (Å²) in [4.78, 5) is 15.4. The summed E-state index contributed by atoms with van der Waals surface area (Å²) in [6, 6.07) is 1.68. The fourth-order valence-corrected chi connectivity index (χ4v) is 2.11. The Balaban J connectivity index is 2.24. The van der Waals surface area contributed by atoms with Crippen molar-refractivity contribution in [2.45, 2.75) is 18.8 Å². The van der Waals surface area contributed by atoms with Crippen LogP contribution in [0.25, 0.3) is 0 Å². The number of pyridine rings is 1. The van der Waals surface area contributed by atoms with Crippen LogP contribution in [-0.4, -0.2) is 17.4 Å². The molecule has 0 saturated carbocycles. The minimum atomic E-state index is 0.0564. The highest BCUT2D eigenvalue weighted by Crippen LogP contribution is 2.30. The number of rotatable bonds is 1. The fraction of sp³-hybridized carbons (Fsp3) is 0.400. The minimum absolute atomic E-state index is 0.0564. The molecule has 2 heterocycles. The topological polar surface area (TPSA) is 68.0 Å². The molecular formula is C10H12ClN3O. The highest BCUT2D eigenvalue weighted by Gasteiger charge is 2.23. The van der Waals surface area contributed by atoms with Crippen LogP contribution < -0.4 is 11.1 Å². The maximum absolute atomic E-state index is 11.2. The van der Waals surface area contributed by atoms with Gasteiger partial charge in [0, 0.05) is 18.9 Å². The Labute approximate surface area is 92.8 Å². The van der Waals surface area contributed by atoms with Gasteiger partial charge in [-0.05, 0) is 12.5 Å². The van der Waals surface area contributed by atoms with Crippen molar-refractivity contribution >= 4 is 23.2 Å². The maximum Gasteiger partial charge on any atom is 0.220 e. The van der Waals surface area contributed by atoms with Crippen LogP contribution in [0.5, 0.6) is 0 Å². The van der Waals surface area contributed by atoms with E-state index in [2.05, 4.69) is 10.3 Å². The minimum Gasteiger partial charge on any atom is -0.397 e. The van der Waals surface area contributed by atoms with E-state index in [4.69, 9.17) is 17.3 Å². The van der Waals surface area contributed by atoms with Gasteiger partial charge in [0.1, 0.15) is 0 Å². The van der Waals surface area contributed by atoms with Gasteiger partial charge in [-0.3, -0.25) is 9.78 Å². The Hall–Kier alpha value is -1.29. The van der Waals surface area contributed by atoms with Crippen LogP contribution in [0, 0.1) is 0 Å². The molecule has 4 nitrogen and oxygen atoms in total. The van der Waals surface area contributed by atoms with Crippen LogP contribution >= 0.6 is 11.6 Å². The van der Waals surface area contributed by atoms with Gasteiger partial charge in [-0.15, -0.1) is 0 Å². The van der Waals surface area contributed by atoms with Crippen molar-refractivity contribution in [2.24, 2.45) is 0 Å². The van der Waals surface area contributed by atoms with Crippen LogP contribution in [0.2, 0.25) is 5.02 Å². The van der Waals surface area contributed by atoms with Crippen molar-refractivity contribution in [1.29, 1.82) is 0 Å². The maximum atomic E-state index is 11.2. The molecule has 0 radical (unpaired) electrons. The van der Waals surface area contributed by atoms with Gasteiger partial charge < -0.3 is 11.1 Å². The number of aromatic nitrogens is 1. The molecule has 1 saturated heterocycles. The quantitative estimate of drug-likeness (QED) is 0.757. The molecule has 15 heavy (non-hydrogen) atoms. The molecule has 1 amide bonds. The van der Waals surface area contributed by atoms with Crippen LogP contribution in [0.4, 0.5) is 5.69 Å². The lowest BCUT2D eigenvalue weighted by molar-refractivity contribution is -0.122. The van der Waals surface area contributed by atoms with Crippen molar-refractivity contribution in [2.75, 3.05) is 12.3 Å². The van der Waals surface area contributed by atoms with Gasteiger partial charge in [0.2, 0.25) is 5.91 Å². The van der Waals surface area contributed by atoms with Crippen LogP contribution in [-0.2, 0) is 4.79 Å². The van der Waals surface area contributed by atoms with Gasteiger partial charge in [-0.2, -0.15) is 0 Å². The molecule has 80 valence electrons. The van der Waals surface area contributed by atoms with E-state index in [0.29, 0.717) is 23.7 Å². The van der Waals surface area contributed by atoms with Crippen molar-refractivity contribution in [3.05, 3.63) is 23.0 Å². The van der Waals surface area contributed by atoms with Gasteiger partial charge in [-0.1, -0.05) is 11.6 Å². The summed E-state index contributed by atoms with van der Waals surface area (Å²) >= 11 is 6.04. The number of carbonyl (C=O) groups excluding carboxylic acids is 1. The summed E-state index contributed by atoms with van der Waals surface area (Å²) in [5.74, 6) is 0.174. The summed E-state index contributed by atoms with van der Waals surface area (Å²) in [5, 5.41) is 3.33. The lowest BCUT2D eigenvalue weighted by atomic mass is 9.93. The number of halogens is 1. The first-order valence-electron chi connectivity index (χ1n) is 4.84. The smallest absolute Gasteiger partial charge is 0.220 e. The summed E-state index contributed by atoms with van der Waals surface area (Å²) in [5.41, 5.74) is 6.88. The molecule has 0 aliphatic carbocycles. The first kappa shape index (κ1) is 10.2. The molecule has 0 bridgehead atoms. The lowest BCUT2D eigenvalue weighted by Crippen LogP contribution is -2.32. The molecule has 0 spiro atoms. The molecule has 1 fully saturated rings.